The van der Waals surface area contributed by atoms with Gasteiger partial charge >= 0.3 is 6.09 Å². The summed E-state index contributed by atoms with van der Waals surface area (Å²) in [6, 6.07) is 1.83. The minimum absolute atomic E-state index is 0.0102. The van der Waals surface area contributed by atoms with Gasteiger partial charge in [0, 0.05) is 18.7 Å². The van der Waals surface area contributed by atoms with E-state index >= 15 is 0 Å². The third-order valence-electron chi connectivity index (χ3n) is 2.80. The van der Waals surface area contributed by atoms with Gasteiger partial charge in [-0.1, -0.05) is 0 Å². The van der Waals surface area contributed by atoms with Crippen LogP contribution in [0.5, 0.6) is 0 Å². The lowest BCUT2D eigenvalue weighted by Crippen LogP contribution is -2.36. The molecule has 1 aromatic rings. The molecule has 1 unspecified atom stereocenters. The lowest BCUT2D eigenvalue weighted by Gasteiger charge is -2.24. The number of rotatable bonds is 1. The van der Waals surface area contributed by atoms with E-state index in [0.29, 0.717) is 6.54 Å². The number of amides is 1. The van der Waals surface area contributed by atoms with Gasteiger partial charge in [0.15, 0.2) is 0 Å². The maximum Gasteiger partial charge on any atom is 0.414 e. The summed E-state index contributed by atoms with van der Waals surface area (Å²) in [6.07, 6.45) is 2.90. The summed E-state index contributed by atoms with van der Waals surface area (Å²) < 4.78 is 5.35. The molecule has 5 heteroatoms. The van der Waals surface area contributed by atoms with Crippen molar-refractivity contribution in [3.8, 4) is 0 Å². The van der Waals surface area contributed by atoms with E-state index in [-0.39, 0.29) is 12.5 Å². The van der Waals surface area contributed by atoms with Crippen LogP contribution in [-0.2, 0) is 4.74 Å². The van der Waals surface area contributed by atoms with Crippen molar-refractivity contribution in [1.82, 2.24) is 4.98 Å². The number of pyridine rings is 1. The monoisotopic (exact) mass is 250 g/mol. The first-order chi connectivity index (χ1) is 8.42. The largest absolute Gasteiger partial charge is 0.443 e. The molecule has 1 aromatic heterocycles. The molecule has 1 aliphatic rings. The highest BCUT2D eigenvalue weighted by molar-refractivity contribution is 5.90. The van der Waals surface area contributed by atoms with Crippen LogP contribution in [0, 0.1) is 0 Å². The molecule has 1 atom stereocenters. The lowest BCUT2D eigenvalue weighted by molar-refractivity contribution is 0.0581. The molecule has 1 amide bonds. The predicted octanol–water partition coefficient (Wildman–Crippen LogP) is 1.91. The summed E-state index contributed by atoms with van der Waals surface area (Å²) in [5.74, 6) is -0.0597. The van der Waals surface area contributed by atoms with Crippen LogP contribution in [0.3, 0.4) is 0 Å². The Morgan fingerprint density at radius 2 is 2.33 bits per heavy atom. The number of carbonyl (C=O) groups excluding carboxylic acids is 1. The second-order valence-corrected chi connectivity index (χ2v) is 5.40. The Bertz CT molecular complexity index is 454. The number of aromatic nitrogens is 1. The van der Waals surface area contributed by atoms with Crippen molar-refractivity contribution in [3.63, 3.8) is 0 Å². The van der Waals surface area contributed by atoms with Gasteiger partial charge in [-0.05, 0) is 32.4 Å². The first kappa shape index (κ1) is 12.8. The number of aliphatic hydroxyl groups is 1. The van der Waals surface area contributed by atoms with Gasteiger partial charge in [-0.2, -0.15) is 0 Å². The molecule has 0 bridgehead atoms. The second-order valence-electron chi connectivity index (χ2n) is 5.40. The molecule has 0 radical (unpaired) electrons. The molecule has 0 saturated carbocycles. The normalized spacial score (nSPS) is 18.7. The Labute approximate surface area is 106 Å². The fourth-order valence-corrected chi connectivity index (χ4v) is 2.03. The summed E-state index contributed by atoms with van der Waals surface area (Å²) in [5, 5.41) is 9.35. The van der Waals surface area contributed by atoms with E-state index in [1.54, 1.807) is 12.4 Å². The van der Waals surface area contributed by atoms with Crippen molar-refractivity contribution in [1.29, 1.82) is 0 Å². The van der Waals surface area contributed by atoms with Gasteiger partial charge in [-0.25, -0.2) is 4.79 Å². The Morgan fingerprint density at radius 3 is 2.94 bits per heavy atom. The van der Waals surface area contributed by atoms with E-state index in [1.807, 2.05) is 26.8 Å². The molecule has 1 N–H and O–H groups in total. The zero-order valence-electron chi connectivity index (χ0n) is 10.9. The van der Waals surface area contributed by atoms with Gasteiger partial charge in [0.05, 0.1) is 18.5 Å². The van der Waals surface area contributed by atoms with Crippen LogP contribution in [0.4, 0.5) is 10.5 Å². The van der Waals surface area contributed by atoms with Gasteiger partial charge in [-0.3, -0.25) is 9.88 Å². The smallest absolute Gasteiger partial charge is 0.414 e. The van der Waals surface area contributed by atoms with Crippen LogP contribution >= 0.6 is 0 Å². The van der Waals surface area contributed by atoms with Crippen LogP contribution in [0.15, 0.2) is 18.5 Å². The average Bonchev–Trinajstić information content (AvgIpc) is 2.65. The molecule has 5 nitrogen and oxygen atoms in total. The third kappa shape index (κ3) is 2.46. The quantitative estimate of drug-likeness (QED) is 0.827. The van der Waals surface area contributed by atoms with E-state index in [9.17, 15) is 9.90 Å². The highest BCUT2D eigenvalue weighted by atomic mass is 16.6. The first-order valence-corrected chi connectivity index (χ1v) is 5.97. The molecular formula is C13H18N2O3. The van der Waals surface area contributed by atoms with Gasteiger partial charge < -0.3 is 9.84 Å². The number of hydrogen-bond acceptors (Lipinski definition) is 4. The zero-order chi connectivity index (χ0) is 13.3. The topological polar surface area (TPSA) is 62.7 Å². The summed E-state index contributed by atoms with van der Waals surface area (Å²) >= 11 is 0. The minimum Gasteiger partial charge on any atom is -0.443 e. The minimum atomic E-state index is -0.531. The van der Waals surface area contributed by atoms with Crippen LogP contribution < -0.4 is 4.90 Å². The van der Waals surface area contributed by atoms with Crippen molar-refractivity contribution in [3.05, 3.63) is 24.0 Å². The second kappa shape index (κ2) is 4.57. The summed E-state index contributed by atoms with van der Waals surface area (Å²) in [7, 11) is 0. The predicted molar refractivity (Wildman–Crippen MR) is 67.6 cm³/mol. The summed E-state index contributed by atoms with van der Waals surface area (Å²) in [4.78, 5) is 17.6. The maximum atomic E-state index is 12.1. The molecule has 18 heavy (non-hydrogen) atoms. The molecule has 0 saturated heterocycles. The number of hydrogen-bond donors (Lipinski definition) is 1. The molecule has 0 aromatic carbocycles. The average molecular weight is 250 g/mol. The van der Waals surface area contributed by atoms with E-state index in [0.717, 1.165) is 11.3 Å². The Kier molecular flexibility index (Phi) is 3.26. The molecule has 0 spiro atoms. The fraction of sp³-hybridized carbons (Fsp3) is 0.538. The molecule has 2 heterocycles. The van der Waals surface area contributed by atoms with Crippen molar-refractivity contribution in [2.45, 2.75) is 32.3 Å². The summed E-state index contributed by atoms with van der Waals surface area (Å²) in [5.41, 5.74) is 1.14. The molecule has 2 rings (SSSR count). The van der Waals surface area contributed by atoms with Crippen LogP contribution in [-0.4, -0.2) is 34.9 Å². The zero-order valence-corrected chi connectivity index (χ0v) is 10.9. The molecule has 0 aliphatic carbocycles. The number of anilines is 1. The molecule has 1 aliphatic heterocycles. The highest BCUT2D eigenvalue weighted by Crippen LogP contribution is 2.35. The SMILES string of the molecule is CC(C)(C)OC(=O)N1CC(CO)c2ccncc21. The Hall–Kier alpha value is -1.62. The maximum absolute atomic E-state index is 12.1. The molecule has 98 valence electrons. The van der Waals surface area contributed by atoms with Crippen molar-refractivity contribution in [2.75, 3.05) is 18.1 Å². The molecular weight excluding hydrogens is 232 g/mol. The lowest BCUT2D eigenvalue weighted by atomic mass is 10.0. The van der Waals surface area contributed by atoms with Crippen molar-refractivity contribution < 1.29 is 14.6 Å². The van der Waals surface area contributed by atoms with E-state index in [4.69, 9.17) is 4.74 Å². The summed E-state index contributed by atoms with van der Waals surface area (Å²) in [6.45, 7) is 5.93. The van der Waals surface area contributed by atoms with Gasteiger partial charge in [-0.15, -0.1) is 0 Å². The highest BCUT2D eigenvalue weighted by Gasteiger charge is 2.34. The van der Waals surface area contributed by atoms with E-state index in [2.05, 4.69) is 4.98 Å². The number of carbonyl (C=O) groups is 1. The number of fused-ring (bicyclic) bond motifs is 1. The number of aliphatic hydroxyl groups excluding tert-OH is 1. The van der Waals surface area contributed by atoms with Crippen LogP contribution in [0.1, 0.15) is 32.3 Å². The Balaban J connectivity index is 2.24. The number of ether oxygens (including phenoxy) is 1. The first-order valence-electron chi connectivity index (χ1n) is 5.97. The van der Waals surface area contributed by atoms with Crippen LogP contribution in [0.25, 0.3) is 0 Å². The number of nitrogens with zero attached hydrogens (tertiary/aromatic N) is 2. The van der Waals surface area contributed by atoms with E-state index < -0.39 is 11.7 Å². The van der Waals surface area contributed by atoms with E-state index in [1.165, 1.54) is 4.90 Å². The Morgan fingerprint density at radius 1 is 1.61 bits per heavy atom. The van der Waals surface area contributed by atoms with Crippen molar-refractivity contribution in [2.24, 2.45) is 0 Å². The van der Waals surface area contributed by atoms with Gasteiger partial charge in [0.1, 0.15) is 5.60 Å². The van der Waals surface area contributed by atoms with Crippen molar-refractivity contribution >= 4 is 11.8 Å². The third-order valence-corrected chi connectivity index (χ3v) is 2.80. The van der Waals surface area contributed by atoms with Gasteiger partial charge in [0.25, 0.3) is 0 Å². The fourth-order valence-electron chi connectivity index (χ4n) is 2.03. The van der Waals surface area contributed by atoms with Crippen LogP contribution in [0.2, 0.25) is 0 Å². The standard InChI is InChI=1S/C13H18N2O3/c1-13(2,3)18-12(17)15-7-9(8-16)10-4-5-14-6-11(10)15/h4-6,9,16H,7-8H2,1-3H3. The van der Waals surface area contributed by atoms with Gasteiger partial charge in [0.2, 0.25) is 0 Å². The molecule has 0 fully saturated rings.